The van der Waals surface area contributed by atoms with Crippen molar-refractivity contribution in [1.82, 2.24) is 30.9 Å². The normalized spacial score (nSPS) is 12.9. The minimum Gasteiger partial charge on any atom is -0.302 e. The van der Waals surface area contributed by atoms with Crippen LogP contribution in [0.25, 0.3) is 0 Å². The average molecular weight is 224 g/mol. The predicted octanol–water partition coefficient (Wildman–Crippen LogP) is 0.815. The molecule has 0 saturated carbocycles. The molecule has 0 amide bonds. The summed E-state index contributed by atoms with van der Waals surface area (Å²) in [7, 11) is 0. The third-order valence-corrected chi connectivity index (χ3v) is 3.10. The lowest BCUT2D eigenvalue weighted by atomic mass is 10.3. The van der Waals surface area contributed by atoms with Gasteiger partial charge >= 0.3 is 0 Å². The summed E-state index contributed by atoms with van der Waals surface area (Å²) in [6.07, 6.45) is 0. The van der Waals surface area contributed by atoms with Crippen LogP contribution in [0.3, 0.4) is 0 Å². The lowest BCUT2D eigenvalue weighted by Gasteiger charge is -2.08. The summed E-state index contributed by atoms with van der Waals surface area (Å²) in [6, 6.07) is 0.0882. The second-order valence-electron chi connectivity index (χ2n) is 3.23. The van der Waals surface area contributed by atoms with Crippen LogP contribution >= 0.6 is 11.3 Å². The number of aromatic nitrogens is 5. The van der Waals surface area contributed by atoms with Gasteiger partial charge in [0.15, 0.2) is 5.82 Å². The van der Waals surface area contributed by atoms with Crippen molar-refractivity contribution in [2.45, 2.75) is 26.4 Å². The Morgan fingerprint density at radius 2 is 2.47 bits per heavy atom. The van der Waals surface area contributed by atoms with Gasteiger partial charge in [-0.25, -0.2) is 4.98 Å². The number of rotatable bonds is 4. The Balaban J connectivity index is 1.91. The molecule has 0 saturated heterocycles. The first kappa shape index (κ1) is 10.2. The highest BCUT2D eigenvalue weighted by atomic mass is 32.1. The third-order valence-electron chi connectivity index (χ3n) is 2.16. The Kier molecular flexibility index (Phi) is 3.02. The SMILES string of the molecule is Cc1ncsc1CNC(C)c1nn[nH]n1. The van der Waals surface area contributed by atoms with Crippen LogP contribution in [0.1, 0.15) is 29.4 Å². The van der Waals surface area contributed by atoms with E-state index in [0.717, 1.165) is 12.2 Å². The molecule has 0 aliphatic rings. The van der Waals surface area contributed by atoms with E-state index >= 15 is 0 Å². The van der Waals surface area contributed by atoms with Gasteiger partial charge in [0, 0.05) is 11.4 Å². The van der Waals surface area contributed by atoms with Crippen molar-refractivity contribution in [3.63, 3.8) is 0 Å². The maximum absolute atomic E-state index is 4.19. The molecule has 2 aromatic rings. The van der Waals surface area contributed by atoms with Gasteiger partial charge in [0.1, 0.15) is 0 Å². The van der Waals surface area contributed by atoms with E-state index in [1.54, 1.807) is 11.3 Å². The summed E-state index contributed by atoms with van der Waals surface area (Å²) < 4.78 is 0. The summed E-state index contributed by atoms with van der Waals surface area (Å²) >= 11 is 1.65. The maximum atomic E-state index is 4.19. The standard InChI is InChI=1S/C8H12N6S/c1-5-7(15-4-10-5)3-9-6(2)8-11-13-14-12-8/h4,6,9H,3H2,1-2H3,(H,11,12,13,14). The van der Waals surface area contributed by atoms with Crippen molar-refractivity contribution in [3.05, 3.63) is 21.9 Å². The van der Waals surface area contributed by atoms with Crippen molar-refractivity contribution >= 4 is 11.3 Å². The highest BCUT2D eigenvalue weighted by Gasteiger charge is 2.10. The lowest BCUT2D eigenvalue weighted by Crippen LogP contribution is -2.19. The molecule has 1 unspecified atom stereocenters. The van der Waals surface area contributed by atoms with E-state index in [0.29, 0.717) is 5.82 Å². The van der Waals surface area contributed by atoms with Crippen molar-refractivity contribution in [1.29, 1.82) is 0 Å². The molecule has 15 heavy (non-hydrogen) atoms. The number of H-pyrrole nitrogens is 1. The summed E-state index contributed by atoms with van der Waals surface area (Å²) in [5.41, 5.74) is 2.93. The van der Waals surface area contributed by atoms with Crippen LogP contribution in [0.2, 0.25) is 0 Å². The summed E-state index contributed by atoms with van der Waals surface area (Å²) in [5, 5.41) is 17.1. The number of tetrazole rings is 1. The van der Waals surface area contributed by atoms with Gasteiger partial charge in [-0.2, -0.15) is 5.21 Å². The molecule has 0 aliphatic heterocycles. The molecule has 0 aliphatic carbocycles. The number of aromatic amines is 1. The van der Waals surface area contributed by atoms with E-state index in [1.807, 2.05) is 19.4 Å². The molecule has 2 heterocycles. The zero-order valence-electron chi connectivity index (χ0n) is 8.56. The minimum atomic E-state index is 0.0882. The monoisotopic (exact) mass is 224 g/mol. The zero-order chi connectivity index (χ0) is 10.7. The van der Waals surface area contributed by atoms with Crippen LogP contribution in [-0.4, -0.2) is 25.6 Å². The first-order valence-corrected chi connectivity index (χ1v) is 5.51. The fraction of sp³-hybridized carbons (Fsp3) is 0.500. The van der Waals surface area contributed by atoms with Gasteiger partial charge in [-0.3, -0.25) is 0 Å². The average Bonchev–Trinajstić information content (AvgIpc) is 2.85. The minimum absolute atomic E-state index is 0.0882. The molecule has 2 rings (SSSR count). The van der Waals surface area contributed by atoms with Crippen LogP contribution < -0.4 is 5.32 Å². The van der Waals surface area contributed by atoms with Crippen LogP contribution in [0.15, 0.2) is 5.51 Å². The molecular formula is C8H12N6S. The van der Waals surface area contributed by atoms with Crippen LogP contribution in [-0.2, 0) is 6.54 Å². The Bertz CT molecular complexity index is 408. The van der Waals surface area contributed by atoms with Gasteiger partial charge in [0.2, 0.25) is 0 Å². The maximum Gasteiger partial charge on any atom is 0.191 e. The van der Waals surface area contributed by atoms with Crippen molar-refractivity contribution < 1.29 is 0 Å². The van der Waals surface area contributed by atoms with Crippen LogP contribution in [0, 0.1) is 6.92 Å². The van der Waals surface area contributed by atoms with Crippen LogP contribution in [0.5, 0.6) is 0 Å². The van der Waals surface area contributed by atoms with Gasteiger partial charge < -0.3 is 5.32 Å². The molecule has 1 atom stereocenters. The van der Waals surface area contributed by atoms with E-state index < -0.39 is 0 Å². The van der Waals surface area contributed by atoms with Crippen LogP contribution in [0.4, 0.5) is 0 Å². The predicted molar refractivity (Wildman–Crippen MR) is 56.3 cm³/mol. The number of nitrogens with zero attached hydrogens (tertiary/aromatic N) is 4. The second-order valence-corrected chi connectivity index (χ2v) is 4.17. The van der Waals surface area contributed by atoms with E-state index in [2.05, 4.69) is 30.9 Å². The number of nitrogens with one attached hydrogen (secondary N) is 2. The van der Waals surface area contributed by atoms with Crippen molar-refractivity contribution in [3.8, 4) is 0 Å². The largest absolute Gasteiger partial charge is 0.302 e. The van der Waals surface area contributed by atoms with E-state index in [-0.39, 0.29) is 6.04 Å². The molecule has 80 valence electrons. The molecule has 0 radical (unpaired) electrons. The smallest absolute Gasteiger partial charge is 0.191 e. The molecular weight excluding hydrogens is 212 g/mol. The van der Waals surface area contributed by atoms with Gasteiger partial charge in [-0.15, -0.1) is 21.5 Å². The Labute approximate surface area is 91.1 Å². The highest BCUT2D eigenvalue weighted by molar-refractivity contribution is 7.09. The van der Waals surface area contributed by atoms with Gasteiger partial charge in [-0.1, -0.05) is 5.21 Å². The number of hydrogen-bond donors (Lipinski definition) is 2. The lowest BCUT2D eigenvalue weighted by molar-refractivity contribution is 0.549. The Morgan fingerprint density at radius 3 is 3.07 bits per heavy atom. The first-order chi connectivity index (χ1) is 7.27. The highest BCUT2D eigenvalue weighted by Crippen LogP contribution is 2.13. The zero-order valence-corrected chi connectivity index (χ0v) is 9.38. The fourth-order valence-corrected chi connectivity index (χ4v) is 1.91. The molecule has 6 nitrogen and oxygen atoms in total. The van der Waals surface area contributed by atoms with Gasteiger partial charge in [-0.05, 0) is 13.8 Å². The second kappa shape index (κ2) is 4.45. The first-order valence-electron chi connectivity index (χ1n) is 4.63. The van der Waals surface area contributed by atoms with Crippen molar-refractivity contribution in [2.24, 2.45) is 0 Å². The molecule has 0 bridgehead atoms. The van der Waals surface area contributed by atoms with Gasteiger partial charge in [0.05, 0.1) is 17.2 Å². The number of aryl methyl sites for hydroxylation is 1. The fourth-order valence-electron chi connectivity index (χ4n) is 1.19. The molecule has 0 spiro atoms. The molecule has 7 heteroatoms. The van der Waals surface area contributed by atoms with Gasteiger partial charge in [0.25, 0.3) is 0 Å². The number of hydrogen-bond acceptors (Lipinski definition) is 6. The molecule has 0 aromatic carbocycles. The van der Waals surface area contributed by atoms with E-state index in [4.69, 9.17) is 0 Å². The summed E-state index contributed by atoms with van der Waals surface area (Å²) in [5.74, 6) is 0.678. The van der Waals surface area contributed by atoms with E-state index in [1.165, 1.54) is 4.88 Å². The van der Waals surface area contributed by atoms with Crippen molar-refractivity contribution in [2.75, 3.05) is 0 Å². The third kappa shape index (κ3) is 2.37. The number of thiazole rings is 1. The Hall–Kier alpha value is -1.34. The van der Waals surface area contributed by atoms with E-state index in [9.17, 15) is 0 Å². The molecule has 0 fully saturated rings. The Morgan fingerprint density at radius 1 is 1.60 bits per heavy atom. The summed E-state index contributed by atoms with van der Waals surface area (Å²) in [4.78, 5) is 5.43. The molecule has 2 N–H and O–H groups in total. The quantitative estimate of drug-likeness (QED) is 0.803. The topological polar surface area (TPSA) is 79.4 Å². The summed E-state index contributed by atoms with van der Waals surface area (Å²) in [6.45, 7) is 4.79. The molecule has 2 aromatic heterocycles.